The highest BCUT2D eigenvalue weighted by Gasteiger charge is 2.23. The molecule has 1 aromatic rings. The van der Waals surface area contributed by atoms with Crippen LogP contribution in [0.25, 0.3) is 0 Å². The zero-order chi connectivity index (χ0) is 8.55. The van der Waals surface area contributed by atoms with Gasteiger partial charge in [-0.1, -0.05) is 6.92 Å². The Balaban J connectivity index is 2.13. The number of hydrogen-bond donors (Lipinski definition) is 1. The average molecular weight is 164 g/mol. The molecule has 0 unspecified atom stereocenters. The molecule has 1 aliphatic rings. The Labute approximate surface area is 71.4 Å². The second-order valence-corrected chi connectivity index (χ2v) is 3.31. The van der Waals surface area contributed by atoms with Crippen LogP contribution in [0.4, 0.5) is 11.6 Å². The largest absolute Gasteiger partial charge is 0.384 e. The molecule has 64 valence electrons. The maximum absolute atomic E-state index is 5.53. The van der Waals surface area contributed by atoms with E-state index in [-0.39, 0.29) is 0 Å². The van der Waals surface area contributed by atoms with Crippen LogP contribution in [0.3, 0.4) is 0 Å². The van der Waals surface area contributed by atoms with Crippen LogP contribution in [-0.4, -0.2) is 23.1 Å². The van der Waals surface area contributed by atoms with Gasteiger partial charge in [0.15, 0.2) is 0 Å². The van der Waals surface area contributed by atoms with Crippen LogP contribution in [0, 0.1) is 5.92 Å². The Bertz CT molecular complexity index is 280. The van der Waals surface area contributed by atoms with Gasteiger partial charge in [0.1, 0.15) is 18.0 Å². The smallest absolute Gasteiger partial charge is 0.134 e. The number of aromatic nitrogens is 2. The van der Waals surface area contributed by atoms with Gasteiger partial charge in [-0.25, -0.2) is 9.97 Å². The third-order valence-corrected chi connectivity index (χ3v) is 2.06. The Kier molecular flexibility index (Phi) is 1.60. The molecule has 1 fully saturated rings. The van der Waals surface area contributed by atoms with Crippen molar-refractivity contribution in [2.45, 2.75) is 6.92 Å². The normalized spacial score (nSPS) is 17.6. The highest BCUT2D eigenvalue weighted by atomic mass is 15.2. The van der Waals surface area contributed by atoms with E-state index in [1.54, 1.807) is 0 Å². The molecule has 1 aromatic heterocycles. The average Bonchev–Trinajstić information content (AvgIpc) is 1.99. The molecule has 1 saturated heterocycles. The molecule has 0 radical (unpaired) electrons. The number of nitrogens with two attached hydrogens (primary N) is 1. The third kappa shape index (κ3) is 1.20. The fourth-order valence-electron chi connectivity index (χ4n) is 1.42. The molecular formula is C8H12N4. The van der Waals surface area contributed by atoms with Gasteiger partial charge >= 0.3 is 0 Å². The molecule has 12 heavy (non-hydrogen) atoms. The summed E-state index contributed by atoms with van der Waals surface area (Å²) in [6, 6.07) is 1.81. The van der Waals surface area contributed by atoms with Crippen molar-refractivity contribution < 1.29 is 0 Å². The summed E-state index contributed by atoms with van der Waals surface area (Å²) in [6.45, 7) is 4.38. The van der Waals surface area contributed by atoms with Gasteiger partial charge in [0.2, 0.25) is 0 Å². The molecule has 0 aliphatic carbocycles. The molecule has 0 spiro atoms. The predicted molar refractivity (Wildman–Crippen MR) is 47.8 cm³/mol. The van der Waals surface area contributed by atoms with Gasteiger partial charge in [-0.05, 0) is 5.92 Å². The SMILES string of the molecule is CC1CN(c2cc(N)ncn2)C1. The number of nitrogen functional groups attached to an aromatic ring is 1. The summed E-state index contributed by atoms with van der Waals surface area (Å²) >= 11 is 0. The monoisotopic (exact) mass is 164 g/mol. The molecule has 0 bridgehead atoms. The summed E-state index contributed by atoms with van der Waals surface area (Å²) in [4.78, 5) is 10.2. The van der Waals surface area contributed by atoms with Crippen LogP contribution in [0.15, 0.2) is 12.4 Å². The number of rotatable bonds is 1. The minimum absolute atomic E-state index is 0.541. The molecule has 0 saturated carbocycles. The zero-order valence-corrected chi connectivity index (χ0v) is 7.07. The van der Waals surface area contributed by atoms with Crippen LogP contribution in [0.2, 0.25) is 0 Å². The summed E-state index contributed by atoms with van der Waals surface area (Å²) in [5, 5.41) is 0. The second kappa shape index (κ2) is 2.62. The predicted octanol–water partition coefficient (Wildman–Crippen LogP) is 0.515. The first-order valence-electron chi connectivity index (χ1n) is 4.08. The van der Waals surface area contributed by atoms with Crippen LogP contribution in [0.5, 0.6) is 0 Å². The Morgan fingerprint density at radius 2 is 2.25 bits per heavy atom. The van der Waals surface area contributed by atoms with Gasteiger partial charge in [0.05, 0.1) is 0 Å². The Hall–Kier alpha value is -1.32. The molecule has 1 aliphatic heterocycles. The van der Waals surface area contributed by atoms with Gasteiger partial charge in [0.25, 0.3) is 0 Å². The minimum atomic E-state index is 0.541. The lowest BCUT2D eigenvalue weighted by atomic mass is 10.0. The molecule has 2 rings (SSSR count). The lowest BCUT2D eigenvalue weighted by molar-refractivity contribution is 0.443. The van der Waals surface area contributed by atoms with Crippen molar-refractivity contribution in [2.75, 3.05) is 23.7 Å². The molecule has 0 aromatic carbocycles. The molecular weight excluding hydrogens is 152 g/mol. The summed E-state index contributed by atoms with van der Waals surface area (Å²) in [6.07, 6.45) is 1.51. The van der Waals surface area contributed by atoms with Crippen molar-refractivity contribution in [3.8, 4) is 0 Å². The molecule has 4 heteroatoms. The van der Waals surface area contributed by atoms with Gasteiger partial charge in [0, 0.05) is 19.2 Å². The van der Waals surface area contributed by atoms with Crippen LogP contribution in [-0.2, 0) is 0 Å². The minimum Gasteiger partial charge on any atom is -0.384 e. The number of nitrogens with zero attached hydrogens (tertiary/aromatic N) is 3. The van der Waals surface area contributed by atoms with Crippen molar-refractivity contribution in [3.63, 3.8) is 0 Å². The van der Waals surface area contributed by atoms with E-state index in [0.29, 0.717) is 5.82 Å². The standard InChI is InChI=1S/C8H12N4/c1-6-3-12(4-6)8-2-7(9)10-5-11-8/h2,5-6H,3-4H2,1H3,(H2,9,10,11). The fraction of sp³-hybridized carbons (Fsp3) is 0.500. The van der Waals surface area contributed by atoms with Crippen molar-refractivity contribution in [2.24, 2.45) is 5.92 Å². The number of hydrogen-bond acceptors (Lipinski definition) is 4. The van der Waals surface area contributed by atoms with E-state index in [2.05, 4.69) is 21.8 Å². The first-order chi connectivity index (χ1) is 5.75. The van der Waals surface area contributed by atoms with Crippen molar-refractivity contribution in [3.05, 3.63) is 12.4 Å². The Morgan fingerprint density at radius 3 is 2.83 bits per heavy atom. The zero-order valence-electron chi connectivity index (χ0n) is 7.07. The fourth-order valence-corrected chi connectivity index (χ4v) is 1.42. The highest BCUT2D eigenvalue weighted by Crippen LogP contribution is 2.22. The molecule has 2 heterocycles. The van der Waals surface area contributed by atoms with Gasteiger partial charge in [-0.15, -0.1) is 0 Å². The van der Waals surface area contributed by atoms with E-state index in [4.69, 9.17) is 5.73 Å². The summed E-state index contributed by atoms with van der Waals surface area (Å²) < 4.78 is 0. The van der Waals surface area contributed by atoms with Gasteiger partial charge in [-0.2, -0.15) is 0 Å². The van der Waals surface area contributed by atoms with E-state index in [9.17, 15) is 0 Å². The quantitative estimate of drug-likeness (QED) is 0.657. The maximum atomic E-state index is 5.53. The molecule has 4 nitrogen and oxygen atoms in total. The molecule has 0 atom stereocenters. The van der Waals surface area contributed by atoms with Crippen LogP contribution >= 0.6 is 0 Å². The Morgan fingerprint density at radius 1 is 1.50 bits per heavy atom. The van der Waals surface area contributed by atoms with Crippen LogP contribution in [0.1, 0.15) is 6.92 Å². The summed E-state index contributed by atoms with van der Waals surface area (Å²) in [5.74, 6) is 2.27. The topological polar surface area (TPSA) is 55.0 Å². The lowest BCUT2D eigenvalue weighted by Crippen LogP contribution is -2.45. The van der Waals surface area contributed by atoms with Crippen molar-refractivity contribution in [1.82, 2.24) is 9.97 Å². The van der Waals surface area contributed by atoms with E-state index in [0.717, 1.165) is 24.8 Å². The first-order valence-corrected chi connectivity index (χ1v) is 4.08. The first kappa shape index (κ1) is 7.34. The summed E-state index contributed by atoms with van der Waals surface area (Å²) in [5.41, 5.74) is 5.53. The van der Waals surface area contributed by atoms with Gasteiger partial charge < -0.3 is 10.6 Å². The summed E-state index contributed by atoms with van der Waals surface area (Å²) in [7, 11) is 0. The number of anilines is 2. The van der Waals surface area contributed by atoms with E-state index in [1.807, 2.05) is 6.07 Å². The van der Waals surface area contributed by atoms with Gasteiger partial charge in [-0.3, -0.25) is 0 Å². The molecule has 2 N–H and O–H groups in total. The molecule has 0 amide bonds. The van der Waals surface area contributed by atoms with Crippen molar-refractivity contribution in [1.29, 1.82) is 0 Å². The van der Waals surface area contributed by atoms with E-state index >= 15 is 0 Å². The lowest BCUT2D eigenvalue weighted by Gasteiger charge is -2.38. The second-order valence-electron chi connectivity index (χ2n) is 3.31. The van der Waals surface area contributed by atoms with Crippen LogP contribution < -0.4 is 10.6 Å². The highest BCUT2D eigenvalue weighted by molar-refractivity contribution is 5.47. The van der Waals surface area contributed by atoms with E-state index < -0.39 is 0 Å². The third-order valence-electron chi connectivity index (χ3n) is 2.06. The van der Waals surface area contributed by atoms with Crippen molar-refractivity contribution >= 4 is 11.6 Å². The maximum Gasteiger partial charge on any atom is 0.134 e. The van der Waals surface area contributed by atoms with E-state index in [1.165, 1.54) is 6.33 Å².